The van der Waals surface area contributed by atoms with Gasteiger partial charge < -0.3 is 39.7 Å². The standard InChI is InChI=1S/C12H20O17S2/c13-1-3-5(14)8(4(26-3)2-25-30(19,20)21)27-12-10(29-31(22,23)24)7(16)6(15)9(28-12)11(17)18/h3-10,12-16H,1-2H2,(H,17,18)(H,19,20,21)(H,22,23,24)/t3-,4-,5-,6+,7+,8-,9-,10-,12-/m1/s1/i1T/t1?,3-,4-,5-,6+,7+,8-,9-,10-,12-. The highest BCUT2D eigenvalue weighted by Gasteiger charge is 2.54. The van der Waals surface area contributed by atoms with Crippen molar-refractivity contribution >= 4 is 26.8 Å². The summed E-state index contributed by atoms with van der Waals surface area (Å²) in [6.45, 7) is -3.20. The average Bonchev–Trinajstić information content (AvgIpc) is 2.93. The number of aliphatic carboxylic acids is 1. The summed E-state index contributed by atoms with van der Waals surface area (Å²) in [6, 6.07) is 0. The molecule has 31 heavy (non-hydrogen) atoms. The van der Waals surface area contributed by atoms with Crippen LogP contribution in [0.3, 0.4) is 0 Å². The minimum absolute atomic E-state index is 1.08. The summed E-state index contributed by atoms with van der Waals surface area (Å²) in [4.78, 5) is 11.3. The monoisotopic (exact) mass is 502 g/mol. The van der Waals surface area contributed by atoms with Crippen molar-refractivity contribution in [3.05, 3.63) is 0 Å². The summed E-state index contributed by atoms with van der Waals surface area (Å²) < 4.78 is 92.0. The van der Waals surface area contributed by atoms with Gasteiger partial charge in [-0.2, -0.15) is 16.8 Å². The molecule has 19 heteroatoms. The van der Waals surface area contributed by atoms with E-state index in [1.54, 1.807) is 0 Å². The third-order valence-electron chi connectivity index (χ3n) is 4.21. The largest absolute Gasteiger partial charge is 0.479 e. The van der Waals surface area contributed by atoms with Gasteiger partial charge in [0.2, 0.25) is 0 Å². The second-order valence-corrected chi connectivity index (χ2v) is 8.46. The first-order chi connectivity index (χ1) is 14.5. The van der Waals surface area contributed by atoms with Crippen molar-refractivity contribution in [1.29, 1.82) is 0 Å². The quantitative estimate of drug-likeness (QED) is 0.145. The molecule has 10 atom stereocenters. The molecule has 2 aliphatic heterocycles. The Balaban J connectivity index is 2.35. The molecule has 0 aromatic heterocycles. The van der Waals surface area contributed by atoms with E-state index in [2.05, 4.69) is 8.37 Å². The summed E-state index contributed by atoms with van der Waals surface area (Å²) in [7, 11) is -10.4. The SMILES string of the molecule is [3H]C(O)[C@H]1O[C@H](COS(=O)(=O)O)[C@@H](O[C@@H]2O[C@@H](C(=O)O)[C@@H](O)[C@H](O)[C@H]2OS(=O)(=O)O)[C@@H]1O. The topological polar surface area (TPSA) is 273 Å². The van der Waals surface area contributed by atoms with Crippen LogP contribution in [0.4, 0.5) is 0 Å². The van der Waals surface area contributed by atoms with E-state index >= 15 is 0 Å². The molecule has 2 rings (SSSR count). The lowest BCUT2D eigenvalue weighted by Gasteiger charge is -2.41. The van der Waals surface area contributed by atoms with E-state index in [1.807, 2.05) is 0 Å². The maximum absolute atomic E-state index is 11.3. The Labute approximate surface area is 176 Å². The van der Waals surface area contributed by atoms with Gasteiger partial charge in [0.25, 0.3) is 0 Å². The summed E-state index contributed by atoms with van der Waals surface area (Å²) in [5.41, 5.74) is 0. The molecule has 0 bridgehead atoms. The lowest BCUT2D eigenvalue weighted by Crippen LogP contribution is -2.62. The molecule has 0 radical (unpaired) electrons. The molecule has 0 aromatic rings. The smallest absolute Gasteiger partial charge is 0.397 e. The molecule has 182 valence electrons. The molecule has 0 aliphatic carbocycles. The van der Waals surface area contributed by atoms with Gasteiger partial charge in [-0.15, -0.1) is 0 Å². The number of carboxylic acids is 1. The van der Waals surface area contributed by atoms with Crippen LogP contribution in [0.2, 0.25) is 0 Å². The van der Waals surface area contributed by atoms with Crippen molar-refractivity contribution in [2.45, 2.75) is 55.1 Å². The zero-order valence-electron chi connectivity index (χ0n) is 16.0. The lowest BCUT2D eigenvalue weighted by molar-refractivity contribution is -0.306. The summed E-state index contributed by atoms with van der Waals surface area (Å²) in [6.07, 6.45) is -18.7. The molecule has 0 saturated carbocycles. The first-order valence-electron chi connectivity index (χ1n) is 8.71. The van der Waals surface area contributed by atoms with Crippen LogP contribution in [0.15, 0.2) is 0 Å². The molecule has 2 heterocycles. The van der Waals surface area contributed by atoms with Gasteiger partial charge in [0.05, 0.1) is 14.6 Å². The zero-order chi connectivity index (χ0) is 24.6. The molecule has 17 nitrogen and oxygen atoms in total. The van der Waals surface area contributed by atoms with Gasteiger partial charge >= 0.3 is 26.8 Å². The number of carbonyl (C=O) groups is 1. The summed E-state index contributed by atoms with van der Waals surface area (Å²) in [5.74, 6) is -1.84. The molecule has 0 aromatic carbocycles. The maximum atomic E-state index is 11.3. The number of ether oxygens (including phenoxy) is 3. The van der Waals surface area contributed by atoms with Gasteiger partial charge in [0.1, 0.15) is 36.6 Å². The second kappa shape index (κ2) is 9.82. The van der Waals surface area contributed by atoms with Gasteiger partial charge in [-0.1, -0.05) is 0 Å². The highest BCUT2D eigenvalue weighted by molar-refractivity contribution is 7.81. The number of hydrogen-bond acceptors (Lipinski definition) is 14. The van der Waals surface area contributed by atoms with Gasteiger partial charge in [-0.3, -0.25) is 9.11 Å². The van der Waals surface area contributed by atoms with Crippen LogP contribution in [0, 0.1) is 0 Å². The predicted octanol–water partition coefficient (Wildman–Crippen LogP) is -4.97. The normalized spacial score (nSPS) is 41.0. The first-order valence-corrected chi connectivity index (χ1v) is 10.9. The predicted molar refractivity (Wildman–Crippen MR) is 88.9 cm³/mol. The molecule has 2 aliphatic rings. The van der Waals surface area contributed by atoms with Crippen molar-refractivity contribution < 1.29 is 80.2 Å². The van der Waals surface area contributed by atoms with Crippen molar-refractivity contribution in [3.63, 3.8) is 0 Å². The van der Waals surface area contributed by atoms with Gasteiger partial charge in [-0.05, 0) is 0 Å². The third-order valence-corrected chi connectivity index (χ3v) is 5.11. The number of aliphatic hydroxyl groups excluding tert-OH is 4. The Bertz CT molecular complexity index is 876. The van der Waals surface area contributed by atoms with Crippen LogP contribution in [0.5, 0.6) is 0 Å². The fourth-order valence-electron chi connectivity index (χ4n) is 2.89. The molecule has 2 saturated heterocycles. The fourth-order valence-corrected chi connectivity index (χ4v) is 3.68. The Morgan fingerprint density at radius 1 is 0.935 bits per heavy atom. The highest BCUT2D eigenvalue weighted by atomic mass is 32.3. The van der Waals surface area contributed by atoms with E-state index in [0.29, 0.717) is 0 Å². The second-order valence-electron chi connectivity index (χ2n) is 6.32. The number of carboxylic acid groups (broad SMARTS) is 1. The molecule has 0 spiro atoms. The molecular formula is C12H20O17S2. The Morgan fingerprint density at radius 2 is 1.55 bits per heavy atom. The van der Waals surface area contributed by atoms with Crippen molar-refractivity contribution in [2.75, 3.05) is 13.2 Å². The molecular weight excluding hydrogens is 480 g/mol. The molecule has 2 fully saturated rings. The lowest BCUT2D eigenvalue weighted by atomic mass is 9.98. The van der Waals surface area contributed by atoms with E-state index in [0.717, 1.165) is 0 Å². The van der Waals surface area contributed by atoms with Crippen molar-refractivity contribution in [3.8, 4) is 0 Å². The fraction of sp³-hybridized carbons (Fsp3) is 0.917. The first kappa shape index (κ1) is 24.6. The average molecular weight is 502 g/mol. The van der Waals surface area contributed by atoms with Crippen LogP contribution in [0.25, 0.3) is 0 Å². The molecule has 0 amide bonds. The van der Waals surface area contributed by atoms with Gasteiger partial charge in [0, 0.05) is 0 Å². The Hall–Kier alpha value is -1.07. The molecule has 1 unspecified atom stereocenters. The summed E-state index contributed by atoms with van der Waals surface area (Å²) in [5, 5.41) is 48.7. The highest BCUT2D eigenvalue weighted by Crippen LogP contribution is 2.31. The van der Waals surface area contributed by atoms with E-state index in [9.17, 15) is 42.1 Å². The van der Waals surface area contributed by atoms with E-state index < -0.39 is 95.1 Å². The third kappa shape index (κ3) is 6.71. The summed E-state index contributed by atoms with van der Waals surface area (Å²) >= 11 is 0. The molecule has 7 N–H and O–H groups in total. The van der Waals surface area contributed by atoms with E-state index in [-0.39, 0.29) is 0 Å². The number of rotatable bonds is 9. The van der Waals surface area contributed by atoms with Crippen LogP contribution in [0.1, 0.15) is 1.37 Å². The van der Waals surface area contributed by atoms with Crippen LogP contribution < -0.4 is 0 Å². The number of aliphatic hydroxyl groups is 4. The van der Waals surface area contributed by atoms with Crippen LogP contribution >= 0.6 is 0 Å². The Morgan fingerprint density at radius 3 is 2.03 bits per heavy atom. The van der Waals surface area contributed by atoms with E-state index in [1.165, 1.54) is 0 Å². The van der Waals surface area contributed by atoms with Gasteiger partial charge in [0.15, 0.2) is 18.5 Å². The minimum Gasteiger partial charge on any atom is -0.479 e. The van der Waals surface area contributed by atoms with Gasteiger partial charge in [-0.25, -0.2) is 13.2 Å². The van der Waals surface area contributed by atoms with Crippen molar-refractivity contribution in [1.82, 2.24) is 0 Å². The Kier molecular flexibility index (Phi) is 7.79. The minimum atomic E-state index is -5.34. The van der Waals surface area contributed by atoms with Crippen molar-refractivity contribution in [2.24, 2.45) is 0 Å². The number of hydrogen-bond donors (Lipinski definition) is 7. The van der Waals surface area contributed by atoms with E-state index in [4.69, 9.17) is 29.8 Å². The van der Waals surface area contributed by atoms with Crippen LogP contribution in [-0.2, 0) is 48.2 Å². The van der Waals surface area contributed by atoms with Crippen LogP contribution in [-0.4, -0.2) is 126 Å². The maximum Gasteiger partial charge on any atom is 0.397 e. The zero-order valence-corrected chi connectivity index (χ0v) is 16.6.